The van der Waals surface area contributed by atoms with Crippen LogP contribution in [0.2, 0.25) is 0 Å². The average Bonchev–Trinajstić information content (AvgIpc) is 1.92. The van der Waals surface area contributed by atoms with E-state index in [0.717, 1.165) is 7.11 Å². The molecule has 0 spiro atoms. The molecule has 0 aromatic carbocycles. The van der Waals surface area contributed by atoms with Crippen LogP contribution in [0, 0.1) is 10.1 Å². The quantitative estimate of drug-likeness (QED) is 0.417. The summed E-state index contributed by atoms with van der Waals surface area (Å²) in [4.78, 5) is 9.39. The highest BCUT2D eigenvalue weighted by molar-refractivity contribution is 4.62. The molecule has 0 bridgehead atoms. The van der Waals surface area contributed by atoms with Crippen LogP contribution in [0.3, 0.4) is 0 Å². The molecule has 0 aromatic heterocycles. The van der Waals surface area contributed by atoms with Crippen molar-refractivity contribution in [3.63, 3.8) is 0 Å². The van der Waals surface area contributed by atoms with Crippen LogP contribution in [0.5, 0.6) is 0 Å². The van der Waals surface area contributed by atoms with Gasteiger partial charge in [0.1, 0.15) is 6.61 Å². The van der Waals surface area contributed by atoms with E-state index in [1.54, 1.807) is 0 Å². The third-order valence-electron chi connectivity index (χ3n) is 0.881. The lowest BCUT2D eigenvalue weighted by atomic mass is 10.1. The predicted molar refractivity (Wildman–Crippen MR) is 36.3 cm³/mol. The molecule has 0 atom stereocenters. The zero-order valence-corrected chi connectivity index (χ0v) is 6.37. The minimum atomic E-state index is -1.18. The van der Waals surface area contributed by atoms with E-state index in [-0.39, 0.29) is 0 Å². The van der Waals surface area contributed by atoms with Gasteiger partial charge in [0.15, 0.2) is 0 Å². The fourth-order valence-electron chi connectivity index (χ4n) is 0.0577. The highest BCUT2D eigenvalue weighted by Crippen LogP contribution is 2.03. The van der Waals surface area contributed by atoms with Crippen molar-refractivity contribution >= 4 is 0 Å². The summed E-state index contributed by atoms with van der Waals surface area (Å²) in [6.45, 7) is 2.32. The summed E-state index contributed by atoms with van der Waals surface area (Å²) in [5.41, 5.74) is -1.18. The molecule has 10 heavy (non-hydrogen) atoms. The molecule has 0 amide bonds. The van der Waals surface area contributed by atoms with Crippen LogP contribution >= 0.6 is 0 Å². The van der Waals surface area contributed by atoms with Crippen LogP contribution < -0.4 is 0 Å². The Hall–Kier alpha value is -0.680. The van der Waals surface area contributed by atoms with Gasteiger partial charge in [0.25, 0.3) is 0 Å². The number of aliphatic hydroxyl groups excluding tert-OH is 2. The molecule has 0 aromatic rings. The van der Waals surface area contributed by atoms with Gasteiger partial charge < -0.3 is 10.2 Å². The van der Waals surface area contributed by atoms with Crippen molar-refractivity contribution in [2.24, 2.45) is 0 Å². The second-order valence-electron chi connectivity index (χ2n) is 2.23. The molecule has 0 radical (unpaired) electrons. The van der Waals surface area contributed by atoms with Gasteiger partial charge in [-0.15, -0.1) is 0 Å². The summed E-state index contributed by atoms with van der Waals surface area (Å²) < 4.78 is 0. The Morgan fingerprint density at radius 2 is 1.80 bits per heavy atom. The molecular formula is C5H13NO4. The van der Waals surface area contributed by atoms with Crippen LogP contribution in [0.15, 0.2) is 0 Å². The van der Waals surface area contributed by atoms with Gasteiger partial charge in [0.05, 0.1) is 0 Å². The monoisotopic (exact) mass is 151 g/mol. The van der Waals surface area contributed by atoms with Crippen molar-refractivity contribution < 1.29 is 15.1 Å². The topological polar surface area (TPSA) is 83.6 Å². The predicted octanol–water partition coefficient (Wildman–Crippen LogP) is -0.358. The number of nitro groups is 1. The molecule has 0 saturated heterocycles. The molecule has 5 nitrogen and oxygen atoms in total. The summed E-state index contributed by atoms with van der Waals surface area (Å²) in [6.07, 6.45) is 0. The number of aliphatic hydroxyl groups is 2. The molecule has 62 valence electrons. The van der Waals surface area contributed by atoms with Crippen molar-refractivity contribution in [3.8, 4) is 0 Å². The van der Waals surface area contributed by atoms with Gasteiger partial charge >= 0.3 is 0 Å². The Labute approximate surface area is 59.4 Å². The fourth-order valence-corrected chi connectivity index (χ4v) is 0.0577. The summed E-state index contributed by atoms with van der Waals surface area (Å²) in [6, 6.07) is 0. The molecule has 0 aliphatic carbocycles. The van der Waals surface area contributed by atoms with Gasteiger partial charge in [-0.2, -0.15) is 0 Å². The number of nitrogens with zero attached hydrogens (tertiary/aromatic N) is 1. The first-order chi connectivity index (χ1) is 4.50. The van der Waals surface area contributed by atoms with Crippen LogP contribution in [-0.2, 0) is 0 Å². The Bertz CT molecular complexity index is 102. The first kappa shape index (κ1) is 12.0. The molecule has 0 rings (SSSR count). The molecule has 0 aliphatic heterocycles. The van der Waals surface area contributed by atoms with E-state index in [0.29, 0.717) is 0 Å². The number of hydrogen-bond acceptors (Lipinski definition) is 4. The smallest absolute Gasteiger partial charge is 0.239 e. The number of hydrogen-bond donors (Lipinski definition) is 2. The maximum Gasteiger partial charge on any atom is 0.239 e. The third-order valence-corrected chi connectivity index (χ3v) is 0.881. The van der Waals surface area contributed by atoms with Gasteiger partial charge in [0.2, 0.25) is 5.54 Å². The minimum absolute atomic E-state index is 0.417. The van der Waals surface area contributed by atoms with Gasteiger partial charge in [-0.3, -0.25) is 10.1 Å². The Morgan fingerprint density at radius 3 is 1.80 bits per heavy atom. The van der Waals surface area contributed by atoms with Gasteiger partial charge in [-0.1, -0.05) is 0 Å². The van der Waals surface area contributed by atoms with E-state index >= 15 is 0 Å². The summed E-state index contributed by atoms with van der Waals surface area (Å²) >= 11 is 0. The van der Waals surface area contributed by atoms with Crippen molar-refractivity contribution in [1.29, 1.82) is 0 Å². The SMILES string of the molecule is CC(C)(CO)[N+](=O)[O-].CO. The third kappa shape index (κ3) is 4.22. The van der Waals surface area contributed by atoms with E-state index in [2.05, 4.69) is 0 Å². The van der Waals surface area contributed by atoms with Crippen LogP contribution in [-0.4, -0.2) is 34.4 Å². The van der Waals surface area contributed by atoms with Crippen molar-refractivity contribution in [1.82, 2.24) is 0 Å². The van der Waals surface area contributed by atoms with Gasteiger partial charge in [-0.05, 0) is 0 Å². The highest BCUT2D eigenvalue weighted by atomic mass is 16.6. The summed E-state index contributed by atoms with van der Waals surface area (Å²) in [7, 11) is 1.00. The van der Waals surface area contributed by atoms with E-state index in [9.17, 15) is 10.1 Å². The normalized spacial score (nSPS) is 9.70. The van der Waals surface area contributed by atoms with Crippen LogP contribution in [0.1, 0.15) is 13.8 Å². The van der Waals surface area contributed by atoms with Gasteiger partial charge in [0, 0.05) is 25.9 Å². The standard InChI is InChI=1S/C4H9NO3.CH4O/c1-4(2,3-6)5(7)8;1-2/h6H,3H2,1-2H3;2H,1H3. The lowest BCUT2D eigenvalue weighted by Crippen LogP contribution is -2.34. The maximum absolute atomic E-state index is 9.90. The molecule has 0 aliphatic rings. The Kier molecular flexibility index (Phi) is 6.18. The van der Waals surface area contributed by atoms with Gasteiger partial charge in [-0.25, -0.2) is 0 Å². The zero-order valence-electron chi connectivity index (χ0n) is 6.37. The van der Waals surface area contributed by atoms with E-state index in [4.69, 9.17) is 10.2 Å². The molecule has 0 heterocycles. The summed E-state index contributed by atoms with van der Waals surface area (Å²) in [5, 5.41) is 25.2. The van der Waals surface area contributed by atoms with Crippen molar-refractivity contribution in [3.05, 3.63) is 10.1 Å². The second kappa shape index (κ2) is 5.13. The van der Waals surface area contributed by atoms with E-state index in [1.807, 2.05) is 0 Å². The summed E-state index contributed by atoms with van der Waals surface area (Å²) in [5.74, 6) is 0. The lowest BCUT2D eigenvalue weighted by molar-refractivity contribution is -0.563. The van der Waals surface area contributed by atoms with E-state index in [1.165, 1.54) is 13.8 Å². The van der Waals surface area contributed by atoms with Crippen molar-refractivity contribution in [2.45, 2.75) is 19.4 Å². The van der Waals surface area contributed by atoms with Crippen molar-refractivity contribution in [2.75, 3.05) is 13.7 Å². The first-order valence-electron chi connectivity index (χ1n) is 2.71. The minimum Gasteiger partial charge on any atom is -0.400 e. The largest absolute Gasteiger partial charge is 0.400 e. The highest BCUT2D eigenvalue weighted by Gasteiger charge is 2.28. The molecule has 5 heteroatoms. The lowest BCUT2D eigenvalue weighted by Gasteiger charge is -2.09. The zero-order chi connectivity index (χ0) is 8.78. The fraction of sp³-hybridized carbons (Fsp3) is 1.00. The van der Waals surface area contributed by atoms with Crippen LogP contribution in [0.4, 0.5) is 0 Å². The Morgan fingerprint density at radius 1 is 1.50 bits per heavy atom. The molecular weight excluding hydrogens is 138 g/mol. The first-order valence-corrected chi connectivity index (χ1v) is 2.71. The maximum atomic E-state index is 9.90. The van der Waals surface area contributed by atoms with Crippen LogP contribution in [0.25, 0.3) is 0 Å². The second-order valence-corrected chi connectivity index (χ2v) is 2.23. The molecule has 0 fully saturated rings. The Balaban J connectivity index is 0. The molecule has 0 unspecified atom stereocenters. The molecule has 0 saturated carbocycles. The number of rotatable bonds is 2. The van der Waals surface area contributed by atoms with E-state index < -0.39 is 17.1 Å². The molecule has 2 N–H and O–H groups in total. The average molecular weight is 151 g/mol.